The van der Waals surface area contributed by atoms with E-state index in [4.69, 9.17) is 0 Å². The smallest absolute Gasteiger partial charge is 0.155 e. The fourth-order valence-corrected chi connectivity index (χ4v) is 2.12. The normalized spacial score (nSPS) is 10.8. The van der Waals surface area contributed by atoms with Gasteiger partial charge in [-0.2, -0.15) is 0 Å². The third-order valence-electron chi connectivity index (χ3n) is 3.04. The molecule has 1 atom stereocenters. The Morgan fingerprint density at radius 1 is 0.931 bits per heavy atom. The van der Waals surface area contributed by atoms with Crippen molar-refractivity contribution in [3.63, 3.8) is 0 Å². The number of hydrogen-bond donors (Lipinski definition) is 2. The van der Waals surface area contributed by atoms with Crippen molar-refractivity contribution in [3.05, 3.63) is 29.8 Å². The van der Waals surface area contributed by atoms with Crippen LogP contribution in [0, 0.1) is 43.2 Å². The molecule has 3 nitrogen and oxygen atoms in total. The van der Waals surface area contributed by atoms with Crippen LogP contribution in [-0.4, -0.2) is 22.5 Å². The molecule has 0 fully saturated rings. The number of carbonyl (C=O) groups excluding carboxylic acids is 1. The summed E-state index contributed by atoms with van der Waals surface area (Å²) in [6.45, 7) is 24.3. The first kappa shape index (κ1) is 39.4. The first-order valence-electron chi connectivity index (χ1n) is 10.5. The van der Waals surface area contributed by atoms with Crippen LogP contribution in [0.4, 0.5) is 0 Å². The van der Waals surface area contributed by atoms with Gasteiger partial charge in [-0.3, -0.25) is 4.79 Å². The fraction of sp³-hybridized carbons (Fsp3) is 0.720. The van der Waals surface area contributed by atoms with Crippen LogP contribution in [-0.2, 0) is 11.2 Å². The standard InChI is InChI=1S/C17H27NO2.C3H8.2C2H6.CH4.Ar/c1-16(2,3)15(20)14(18-17(4,5)6)11-12-7-9-13(19)10-8-12;1-3-2;2*1-2;;/h7-10,14,18-19H,11H2,1-6H3;3H2,1-2H3;2*1-2H3;1H4;. The van der Waals surface area contributed by atoms with Gasteiger partial charge in [0.25, 0.3) is 0 Å². The van der Waals surface area contributed by atoms with Gasteiger partial charge in [-0.15, -0.1) is 0 Å². The Hall–Kier alpha value is -0.0903. The molecule has 176 valence electrons. The monoisotopic (exact) mass is 437 g/mol. The molecule has 1 rings (SSSR count). The molecule has 0 aliphatic heterocycles. The minimum Gasteiger partial charge on any atom is -0.508 e. The summed E-state index contributed by atoms with van der Waals surface area (Å²) in [4.78, 5) is 12.6. The van der Waals surface area contributed by atoms with Gasteiger partial charge < -0.3 is 10.4 Å². The van der Waals surface area contributed by atoms with Crippen molar-refractivity contribution in [2.24, 2.45) is 5.41 Å². The molecule has 0 aromatic heterocycles. The van der Waals surface area contributed by atoms with Crippen molar-refractivity contribution in [2.45, 2.75) is 115 Å². The van der Waals surface area contributed by atoms with E-state index in [1.165, 1.54) is 6.42 Å². The van der Waals surface area contributed by atoms with Crippen LogP contribution in [0.3, 0.4) is 0 Å². The van der Waals surface area contributed by atoms with Crippen LogP contribution in [0.5, 0.6) is 5.75 Å². The van der Waals surface area contributed by atoms with Crippen molar-refractivity contribution in [1.29, 1.82) is 0 Å². The number of nitrogens with one attached hydrogen (secondary N) is 1. The molecule has 4 heteroatoms. The number of phenolic OH excluding ortho intramolecular Hbond substituents is 1. The van der Waals surface area contributed by atoms with E-state index < -0.39 is 0 Å². The SMILES string of the molecule is C.CC.CC.CC(C)(C)NC(Cc1ccc(O)cc1)C(=O)C(C)(C)C.CCC.[Ar]. The fourth-order valence-electron chi connectivity index (χ4n) is 2.12. The second-order valence-corrected chi connectivity index (χ2v) is 8.14. The topological polar surface area (TPSA) is 49.3 Å². The van der Waals surface area contributed by atoms with Crippen LogP contribution in [0.2, 0.25) is 0 Å². The number of carbonyl (C=O) groups is 1. The molecule has 0 aliphatic rings. The molecule has 29 heavy (non-hydrogen) atoms. The summed E-state index contributed by atoms with van der Waals surface area (Å²) < 4.78 is 0. The number of hydrogen-bond acceptors (Lipinski definition) is 3. The predicted octanol–water partition coefficient (Wildman–Crippen LogP) is 7.41. The van der Waals surface area contributed by atoms with E-state index in [-0.39, 0.29) is 73.7 Å². The Labute approximate surface area is 213 Å². The van der Waals surface area contributed by atoms with E-state index in [9.17, 15) is 9.90 Å². The van der Waals surface area contributed by atoms with Crippen molar-refractivity contribution < 1.29 is 47.6 Å². The van der Waals surface area contributed by atoms with Gasteiger partial charge in [-0.05, 0) is 44.9 Å². The molecule has 1 unspecified atom stereocenters. The quantitative estimate of drug-likeness (QED) is 0.515. The molecule has 0 saturated carbocycles. The number of phenols is 1. The Balaban J connectivity index is -0.000000190. The van der Waals surface area contributed by atoms with Crippen LogP contribution in [0.15, 0.2) is 24.3 Å². The first-order chi connectivity index (χ1) is 12.4. The zero-order chi connectivity index (χ0) is 22.3. The first-order valence-corrected chi connectivity index (χ1v) is 10.5. The summed E-state index contributed by atoms with van der Waals surface area (Å²) in [6.07, 6.45) is 1.88. The van der Waals surface area contributed by atoms with E-state index in [1.54, 1.807) is 12.1 Å². The largest absolute Gasteiger partial charge is 0.508 e. The van der Waals surface area contributed by atoms with Gasteiger partial charge in [0, 0.05) is 48.7 Å². The molecule has 0 amide bonds. The molecular weight excluding hydrogens is 386 g/mol. The Morgan fingerprint density at radius 2 is 1.28 bits per heavy atom. The van der Waals surface area contributed by atoms with Crippen LogP contribution >= 0.6 is 0 Å². The molecule has 1 aromatic rings. The number of ketones is 1. The zero-order valence-corrected chi connectivity index (χ0v) is 21.2. The number of Topliss-reactive ketones (excluding diaryl/α,β-unsaturated/α-hetero) is 1. The Bertz CT molecular complexity index is 471. The van der Waals surface area contributed by atoms with E-state index in [2.05, 4.69) is 39.9 Å². The van der Waals surface area contributed by atoms with Crippen molar-refractivity contribution in [1.82, 2.24) is 5.32 Å². The third-order valence-corrected chi connectivity index (χ3v) is 3.04. The summed E-state index contributed by atoms with van der Waals surface area (Å²) in [7, 11) is 0. The van der Waals surface area contributed by atoms with Gasteiger partial charge in [-0.1, -0.05) is 88.3 Å². The second kappa shape index (κ2) is 21.2. The summed E-state index contributed by atoms with van der Waals surface area (Å²) in [6, 6.07) is 6.82. The molecule has 0 radical (unpaired) electrons. The Morgan fingerprint density at radius 3 is 1.55 bits per heavy atom. The second-order valence-electron chi connectivity index (χ2n) is 8.14. The summed E-state index contributed by atoms with van der Waals surface area (Å²) in [5.74, 6) is 0.455. The number of benzene rings is 1. The van der Waals surface area contributed by atoms with Crippen molar-refractivity contribution >= 4 is 5.78 Å². The van der Waals surface area contributed by atoms with Crippen molar-refractivity contribution in [3.8, 4) is 5.75 Å². The molecule has 1 aromatic carbocycles. The summed E-state index contributed by atoms with van der Waals surface area (Å²) >= 11 is 0. The third kappa shape index (κ3) is 22.4. The van der Waals surface area contributed by atoms with Gasteiger partial charge in [-0.25, -0.2) is 0 Å². The molecule has 0 spiro atoms. The van der Waals surface area contributed by atoms with E-state index in [0.29, 0.717) is 6.42 Å². The minimum absolute atomic E-state index is 0. The molecule has 0 saturated heterocycles. The number of aromatic hydroxyl groups is 1. The molecular formula is C25H51ArNO2. The maximum Gasteiger partial charge on any atom is 0.155 e. The molecule has 0 heterocycles. The zero-order valence-electron chi connectivity index (χ0n) is 20.5. The van der Waals surface area contributed by atoms with Crippen molar-refractivity contribution in [2.75, 3.05) is 0 Å². The molecule has 0 aliphatic carbocycles. The van der Waals surface area contributed by atoms with Gasteiger partial charge in [0.1, 0.15) is 5.75 Å². The average Bonchev–Trinajstić information content (AvgIpc) is 2.58. The summed E-state index contributed by atoms with van der Waals surface area (Å²) in [5.41, 5.74) is 0.546. The minimum atomic E-state index is -0.375. The Kier molecular flexibility index (Phi) is 28.7. The van der Waals surface area contributed by atoms with Gasteiger partial charge in [0.2, 0.25) is 0 Å². The van der Waals surface area contributed by atoms with Gasteiger partial charge in [0.15, 0.2) is 5.78 Å². The van der Waals surface area contributed by atoms with Crippen LogP contribution in [0.1, 0.15) is 102 Å². The van der Waals surface area contributed by atoms with Gasteiger partial charge in [0.05, 0.1) is 6.04 Å². The van der Waals surface area contributed by atoms with Crippen LogP contribution < -0.4 is 5.32 Å². The molecule has 2 N–H and O–H groups in total. The van der Waals surface area contributed by atoms with Crippen LogP contribution in [0.25, 0.3) is 0 Å². The van der Waals surface area contributed by atoms with Gasteiger partial charge >= 0.3 is 0 Å². The summed E-state index contributed by atoms with van der Waals surface area (Å²) in [5, 5.41) is 12.7. The maximum atomic E-state index is 12.6. The maximum absolute atomic E-state index is 12.6. The predicted molar refractivity (Wildman–Crippen MR) is 128 cm³/mol. The van der Waals surface area contributed by atoms with E-state index in [1.807, 2.05) is 60.6 Å². The number of rotatable bonds is 4. The average molecular weight is 438 g/mol. The van der Waals surface area contributed by atoms with E-state index in [0.717, 1.165) is 5.56 Å². The molecule has 0 bridgehead atoms. The van der Waals surface area contributed by atoms with E-state index >= 15 is 0 Å².